The van der Waals surface area contributed by atoms with Crippen molar-refractivity contribution in [2.45, 2.75) is 13.8 Å². The number of nitrogens with one attached hydrogen (secondary N) is 1. The predicted octanol–water partition coefficient (Wildman–Crippen LogP) is 0.945. The molecule has 0 saturated heterocycles. The smallest absolute Gasteiger partial charge is 0.379 e. The maximum absolute atomic E-state index is 11.3. The van der Waals surface area contributed by atoms with E-state index in [1.165, 1.54) is 0 Å². The van der Waals surface area contributed by atoms with Crippen molar-refractivity contribution in [3.05, 3.63) is 17.7 Å². The van der Waals surface area contributed by atoms with Crippen LogP contribution < -0.4 is 0 Å². The molecule has 0 amide bonds. The third kappa shape index (κ3) is 1.79. The van der Waals surface area contributed by atoms with Crippen molar-refractivity contribution in [2.75, 3.05) is 6.61 Å². The number of ether oxygens (including phenoxy) is 1. The lowest BCUT2D eigenvalue weighted by Crippen LogP contribution is -2.06. The van der Waals surface area contributed by atoms with Crippen LogP contribution in [0.4, 0.5) is 0 Å². The van der Waals surface area contributed by atoms with Crippen LogP contribution in [-0.2, 0) is 4.74 Å². The number of aryl methyl sites for hydroxylation is 1. The molecule has 0 aromatic carbocycles. The van der Waals surface area contributed by atoms with Gasteiger partial charge in [0, 0.05) is 5.69 Å². The first-order valence-electron chi connectivity index (χ1n) is 4.73. The van der Waals surface area contributed by atoms with Crippen LogP contribution in [0.5, 0.6) is 0 Å². The van der Waals surface area contributed by atoms with Crippen LogP contribution in [-0.4, -0.2) is 32.9 Å². The molecule has 0 radical (unpaired) electrons. The number of aromatic nitrogens is 4. The molecular weight excluding hydrogens is 212 g/mol. The summed E-state index contributed by atoms with van der Waals surface area (Å²) < 4.78 is 9.68. The van der Waals surface area contributed by atoms with E-state index in [-0.39, 0.29) is 18.3 Å². The predicted molar refractivity (Wildman–Crippen MR) is 52.6 cm³/mol. The minimum absolute atomic E-state index is 0.0857. The zero-order valence-electron chi connectivity index (χ0n) is 8.85. The standard InChI is InChI=1S/C9H10N4O3/c1-3-15-9(14)7-11-8(16-13-7)6-4-10-12-5(6)2/h4H,3H2,1-2H3,(H,10,12). The van der Waals surface area contributed by atoms with Gasteiger partial charge in [-0.25, -0.2) is 4.79 Å². The second kappa shape index (κ2) is 4.13. The number of esters is 1. The van der Waals surface area contributed by atoms with Gasteiger partial charge in [-0.1, -0.05) is 0 Å². The van der Waals surface area contributed by atoms with Crippen LogP contribution >= 0.6 is 0 Å². The van der Waals surface area contributed by atoms with Crippen molar-refractivity contribution >= 4 is 5.97 Å². The summed E-state index contributed by atoms with van der Waals surface area (Å²) >= 11 is 0. The van der Waals surface area contributed by atoms with Gasteiger partial charge in [-0.2, -0.15) is 10.1 Å². The summed E-state index contributed by atoms with van der Waals surface area (Å²) in [5.41, 5.74) is 1.46. The van der Waals surface area contributed by atoms with Gasteiger partial charge in [0.25, 0.3) is 11.7 Å². The third-order valence-electron chi connectivity index (χ3n) is 1.94. The Labute approximate surface area is 90.8 Å². The van der Waals surface area contributed by atoms with Gasteiger partial charge in [-0.3, -0.25) is 5.10 Å². The SMILES string of the molecule is CCOC(=O)c1noc(-c2cn[nH]c2C)n1. The lowest BCUT2D eigenvalue weighted by molar-refractivity contribution is 0.0508. The molecule has 16 heavy (non-hydrogen) atoms. The first-order valence-corrected chi connectivity index (χ1v) is 4.73. The highest BCUT2D eigenvalue weighted by molar-refractivity contribution is 5.85. The highest BCUT2D eigenvalue weighted by atomic mass is 16.5. The monoisotopic (exact) mass is 222 g/mol. The fraction of sp³-hybridized carbons (Fsp3) is 0.333. The minimum Gasteiger partial charge on any atom is -0.460 e. The van der Waals surface area contributed by atoms with E-state index in [0.29, 0.717) is 5.56 Å². The molecule has 0 aliphatic heterocycles. The Morgan fingerprint density at radius 3 is 3.06 bits per heavy atom. The third-order valence-corrected chi connectivity index (χ3v) is 1.94. The molecular formula is C9H10N4O3. The van der Waals surface area contributed by atoms with Crippen LogP contribution in [0.15, 0.2) is 10.7 Å². The molecule has 7 heteroatoms. The fourth-order valence-corrected chi connectivity index (χ4v) is 1.18. The quantitative estimate of drug-likeness (QED) is 0.777. The largest absolute Gasteiger partial charge is 0.460 e. The van der Waals surface area contributed by atoms with Gasteiger partial charge in [0.2, 0.25) is 0 Å². The first-order chi connectivity index (χ1) is 7.72. The molecule has 0 atom stereocenters. The van der Waals surface area contributed by atoms with Gasteiger partial charge in [-0.05, 0) is 19.0 Å². The topological polar surface area (TPSA) is 93.9 Å². The minimum atomic E-state index is -0.598. The highest BCUT2D eigenvalue weighted by Gasteiger charge is 2.18. The summed E-state index contributed by atoms with van der Waals surface area (Å²) in [6.45, 7) is 3.79. The van der Waals surface area contributed by atoms with Gasteiger partial charge < -0.3 is 9.26 Å². The average Bonchev–Trinajstić information content (AvgIpc) is 2.86. The van der Waals surface area contributed by atoms with Crippen LogP contribution in [0.1, 0.15) is 23.2 Å². The Hall–Kier alpha value is -2.18. The number of carbonyl (C=O) groups excluding carboxylic acids is 1. The number of carbonyl (C=O) groups is 1. The second-order valence-electron chi connectivity index (χ2n) is 3.05. The maximum atomic E-state index is 11.3. The van der Waals surface area contributed by atoms with E-state index in [1.54, 1.807) is 13.1 Å². The molecule has 7 nitrogen and oxygen atoms in total. The average molecular weight is 222 g/mol. The maximum Gasteiger partial charge on any atom is 0.379 e. The van der Waals surface area contributed by atoms with Gasteiger partial charge in [0.15, 0.2) is 0 Å². The molecule has 0 fully saturated rings. The van der Waals surface area contributed by atoms with Crippen LogP contribution in [0.25, 0.3) is 11.5 Å². The fourth-order valence-electron chi connectivity index (χ4n) is 1.18. The highest BCUT2D eigenvalue weighted by Crippen LogP contribution is 2.18. The van der Waals surface area contributed by atoms with Crippen LogP contribution in [0, 0.1) is 6.92 Å². The van der Waals surface area contributed by atoms with Crippen molar-refractivity contribution in [3.8, 4) is 11.5 Å². The van der Waals surface area contributed by atoms with Crippen molar-refractivity contribution < 1.29 is 14.1 Å². The van der Waals surface area contributed by atoms with E-state index in [4.69, 9.17) is 9.26 Å². The molecule has 0 spiro atoms. The molecule has 2 rings (SSSR count). The Balaban J connectivity index is 2.26. The van der Waals surface area contributed by atoms with E-state index >= 15 is 0 Å². The molecule has 0 bridgehead atoms. The van der Waals surface area contributed by atoms with E-state index in [9.17, 15) is 4.79 Å². The zero-order chi connectivity index (χ0) is 11.5. The van der Waals surface area contributed by atoms with E-state index in [1.807, 2.05) is 6.92 Å². The molecule has 0 aliphatic rings. The summed E-state index contributed by atoms with van der Waals surface area (Å²) in [7, 11) is 0. The van der Waals surface area contributed by atoms with Gasteiger partial charge in [0.05, 0.1) is 18.4 Å². The molecule has 2 heterocycles. The summed E-state index contributed by atoms with van der Waals surface area (Å²) in [4.78, 5) is 15.2. The van der Waals surface area contributed by atoms with Crippen LogP contribution in [0.3, 0.4) is 0 Å². The van der Waals surface area contributed by atoms with Crippen molar-refractivity contribution in [1.29, 1.82) is 0 Å². The Kier molecular flexibility index (Phi) is 2.67. The molecule has 0 saturated carbocycles. The molecule has 84 valence electrons. The zero-order valence-corrected chi connectivity index (χ0v) is 8.85. The van der Waals surface area contributed by atoms with Gasteiger partial charge in [-0.15, -0.1) is 0 Å². The van der Waals surface area contributed by atoms with Crippen molar-refractivity contribution in [3.63, 3.8) is 0 Å². The number of nitrogens with zero attached hydrogens (tertiary/aromatic N) is 3. The lowest BCUT2D eigenvalue weighted by atomic mass is 10.3. The second-order valence-corrected chi connectivity index (χ2v) is 3.05. The summed E-state index contributed by atoms with van der Waals surface area (Å²) in [5, 5.41) is 10.1. The van der Waals surface area contributed by atoms with Crippen molar-refractivity contribution in [2.24, 2.45) is 0 Å². The normalized spacial score (nSPS) is 10.4. The van der Waals surface area contributed by atoms with E-state index in [0.717, 1.165) is 5.69 Å². The molecule has 2 aromatic rings. The van der Waals surface area contributed by atoms with Gasteiger partial charge >= 0.3 is 5.97 Å². The Morgan fingerprint density at radius 2 is 2.44 bits per heavy atom. The Bertz CT molecular complexity index is 502. The number of hydrogen-bond acceptors (Lipinski definition) is 6. The summed E-state index contributed by atoms with van der Waals surface area (Å²) in [6.07, 6.45) is 1.55. The Morgan fingerprint density at radius 1 is 1.62 bits per heavy atom. The number of H-pyrrole nitrogens is 1. The van der Waals surface area contributed by atoms with Crippen LogP contribution in [0.2, 0.25) is 0 Å². The van der Waals surface area contributed by atoms with Crippen molar-refractivity contribution in [1.82, 2.24) is 20.3 Å². The first kappa shape index (κ1) is 10.3. The van der Waals surface area contributed by atoms with E-state index in [2.05, 4.69) is 20.3 Å². The molecule has 0 aliphatic carbocycles. The number of aromatic amines is 1. The number of hydrogen-bond donors (Lipinski definition) is 1. The molecule has 1 N–H and O–H groups in total. The van der Waals surface area contributed by atoms with Gasteiger partial charge in [0.1, 0.15) is 0 Å². The summed E-state index contributed by atoms with van der Waals surface area (Å²) in [6, 6.07) is 0. The molecule has 2 aromatic heterocycles. The van der Waals surface area contributed by atoms with E-state index < -0.39 is 5.97 Å². The number of rotatable bonds is 3. The summed E-state index contributed by atoms with van der Waals surface area (Å²) in [5.74, 6) is -0.439. The molecule has 0 unspecified atom stereocenters. The lowest BCUT2D eigenvalue weighted by Gasteiger charge is -1.93.